The lowest BCUT2D eigenvalue weighted by molar-refractivity contribution is 0.0866. The van der Waals surface area contributed by atoms with Crippen molar-refractivity contribution in [2.75, 3.05) is 11.3 Å². The van der Waals surface area contributed by atoms with Crippen molar-refractivity contribution in [3.8, 4) is 22.8 Å². The summed E-state index contributed by atoms with van der Waals surface area (Å²) >= 11 is 0. The Morgan fingerprint density at radius 1 is 1.02 bits per heavy atom. The molecule has 16 heteroatoms. The van der Waals surface area contributed by atoms with Gasteiger partial charge in [-0.1, -0.05) is 19.6 Å². The Bertz CT molecular complexity index is 1940. The van der Waals surface area contributed by atoms with Crippen LogP contribution in [0.25, 0.3) is 28.3 Å². The number of sulfonamides is 1. The molecule has 4 heterocycles. The van der Waals surface area contributed by atoms with Crippen molar-refractivity contribution in [2.45, 2.75) is 51.2 Å². The minimum absolute atomic E-state index is 0.00355. The standard InChI is InChI=1S/C27H29F3N8O3SSi/c1-16-23(10-18(28)11-31-16)42(39,40)36-20-7-6-19(29)24(25(20)30)21-13-37-14-33-26(22(37)12-32-21)27-35-34-17(2)38(27)15-41-8-9-43(3,4)5/h6-7,10-14,36H,8-9,15H2,1-5H3. The summed E-state index contributed by atoms with van der Waals surface area (Å²) in [5, 5.41) is 8.41. The van der Waals surface area contributed by atoms with Crippen molar-refractivity contribution in [2.24, 2.45) is 0 Å². The molecule has 0 saturated heterocycles. The first-order valence-electron chi connectivity index (χ1n) is 13.2. The second kappa shape index (κ2) is 11.5. The van der Waals surface area contributed by atoms with Gasteiger partial charge in [0.2, 0.25) is 0 Å². The van der Waals surface area contributed by atoms with E-state index in [9.17, 15) is 17.2 Å². The Hall–Kier alpha value is -4.15. The highest BCUT2D eigenvalue weighted by Gasteiger charge is 2.25. The topological polar surface area (TPSA) is 129 Å². The van der Waals surface area contributed by atoms with Crippen molar-refractivity contribution < 1.29 is 26.3 Å². The summed E-state index contributed by atoms with van der Waals surface area (Å²) in [5.41, 5.74) is -0.305. The van der Waals surface area contributed by atoms with E-state index in [1.54, 1.807) is 11.5 Å². The van der Waals surface area contributed by atoms with Gasteiger partial charge in [-0.2, -0.15) is 0 Å². The lowest BCUT2D eigenvalue weighted by Gasteiger charge is -2.16. The SMILES string of the molecule is Cc1ncc(F)cc1S(=O)(=O)Nc1ccc(F)c(-c2cn3cnc(-c4nnc(C)n4COCC[Si](C)(C)C)c3cn2)c1F. The lowest BCUT2D eigenvalue weighted by atomic mass is 10.1. The van der Waals surface area contributed by atoms with Gasteiger partial charge in [-0.25, -0.2) is 26.6 Å². The van der Waals surface area contributed by atoms with E-state index >= 15 is 4.39 Å². The zero-order valence-corrected chi connectivity index (χ0v) is 25.9. The zero-order chi connectivity index (χ0) is 31.1. The van der Waals surface area contributed by atoms with Crippen LogP contribution < -0.4 is 4.72 Å². The minimum atomic E-state index is -4.45. The third-order valence-electron chi connectivity index (χ3n) is 6.67. The molecule has 1 N–H and O–H groups in total. The van der Waals surface area contributed by atoms with E-state index in [1.807, 2.05) is 0 Å². The number of aryl methyl sites for hydroxylation is 2. The third-order valence-corrected chi connectivity index (χ3v) is 9.86. The van der Waals surface area contributed by atoms with Crippen LogP contribution in [0.15, 0.2) is 48.0 Å². The molecule has 0 fully saturated rings. The Balaban J connectivity index is 1.46. The molecular formula is C27H29F3N8O3SSi. The number of hydrogen-bond donors (Lipinski definition) is 1. The highest BCUT2D eigenvalue weighted by atomic mass is 32.2. The van der Waals surface area contributed by atoms with Crippen LogP contribution in [0.5, 0.6) is 0 Å². The molecule has 1 aromatic carbocycles. The predicted molar refractivity (Wildman–Crippen MR) is 156 cm³/mol. The molecule has 0 aliphatic rings. The molecule has 0 aliphatic heterocycles. The number of aromatic nitrogens is 7. The van der Waals surface area contributed by atoms with E-state index in [2.05, 4.69) is 49.5 Å². The van der Waals surface area contributed by atoms with Crippen LogP contribution in [0.3, 0.4) is 0 Å². The van der Waals surface area contributed by atoms with Gasteiger partial charge in [-0.3, -0.25) is 19.3 Å². The molecule has 43 heavy (non-hydrogen) atoms. The van der Waals surface area contributed by atoms with Crippen LogP contribution in [0.1, 0.15) is 11.5 Å². The highest BCUT2D eigenvalue weighted by Crippen LogP contribution is 2.32. The van der Waals surface area contributed by atoms with Crippen molar-refractivity contribution in [1.29, 1.82) is 0 Å². The van der Waals surface area contributed by atoms with E-state index in [1.165, 1.54) is 30.0 Å². The molecule has 0 radical (unpaired) electrons. The molecule has 0 unspecified atom stereocenters. The summed E-state index contributed by atoms with van der Waals surface area (Å²) in [6.07, 6.45) is 5.06. The first-order valence-corrected chi connectivity index (χ1v) is 18.4. The largest absolute Gasteiger partial charge is 0.361 e. The smallest absolute Gasteiger partial charge is 0.263 e. The predicted octanol–water partition coefficient (Wildman–Crippen LogP) is 5.20. The molecule has 0 saturated carbocycles. The second-order valence-electron chi connectivity index (χ2n) is 11.1. The van der Waals surface area contributed by atoms with Crippen molar-refractivity contribution >= 4 is 29.3 Å². The van der Waals surface area contributed by atoms with E-state index in [4.69, 9.17) is 4.74 Å². The third kappa shape index (κ3) is 6.30. The lowest BCUT2D eigenvalue weighted by Crippen LogP contribution is -2.22. The van der Waals surface area contributed by atoms with Gasteiger partial charge in [-0.05, 0) is 38.1 Å². The molecule has 0 atom stereocenters. The molecule has 5 rings (SSSR count). The maximum absolute atomic E-state index is 15.6. The Labute approximate surface area is 246 Å². The van der Waals surface area contributed by atoms with Gasteiger partial charge in [0.05, 0.1) is 40.5 Å². The Kier molecular flexibility index (Phi) is 8.11. The van der Waals surface area contributed by atoms with Crippen molar-refractivity contribution in [1.82, 2.24) is 34.1 Å². The highest BCUT2D eigenvalue weighted by molar-refractivity contribution is 7.92. The first kappa shape index (κ1) is 30.3. The van der Waals surface area contributed by atoms with E-state index < -0.39 is 51.7 Å². The van der Waals surface area contributed by atoms with E-state index in [-0.39, 0.29) is 18.1 Å². The quantitative estimate of drug-likeness (QED) is 0.165. The van der Waals surface area contributed by atoms with Crippen LogP contribution in [0.2, 0.25) is 25.7 Å². The maximum Gasteiger partial charge on any atom is 0.263 e. The van der Waals surface area contributed by atoms with Gasteiger partial charge in [0.1, 0.15) is 41.1 Å². The van der Waals surface area contributed by atoms with Crippen molar-refractivity contribution in [3.05, 3.63) is 72.1 Å². The summed E-state index contributed by atoms with van der Waals surface area (Å²) in [6, 6.07) is 3.61. The van der Waals surface area contributed by atoms with Gasteiger partial charge in [0, 0.05) is 20.9 Å². The number of halogens is 3. The van der Waals surface area contributed by atoms with E-state index in [0.29, 0.717) is 29.5 Å². The molecule has 0 aliphatic carbocycles. The molecule has 0 amide bonds. The number of hydrogen-bond acceptors (Lipinski definition) is 8. The summed E-state index contributed by atoms with van der Waals surface area (Å²) in [4.78, 5) is 11.9. The number of pyridine rings is 1. The second-order valence-corrected chi connectivity index (χ2v) is 18.4. The fraction of sp³-hybridized carbons (Fsp3) is 0.296. The van der Waals surface area contributed by atoms with Gasteiger partial charge in [0.25, 0.3) is 10.0 Å². The number of fused-ring (bicyclic) bond motifs is 1. The zero-order valence-electron chi connectivity index (χ0n) is 24.1. The van der Waals surface area contributed by atoms with Crippen molar-refractivity contribution in [3.63, 3.8) is 0 Å². The number of nitrogens with zero attached hydrogens (tertiary/aromatic N) is 7. The number of imidazole rings is 1. The summed E-state index contributed by atoms with van der Waals surface area (Å²) in [6.45, 7) is 10.8. The Morgan fingerprint density at radius 2 is 1.79 bits per heavy atom. The average molecular weight is 631 g/mol. The molecule has 0 spiro atoms. The van der Waals surface area contributed by atoms with Crippen LogP contribution in [-0.4, -0.2) is 57.2 Å². The number of nitrogens with one attached hydrogen (secondary N) is 1. The van der Waals surface area contributed by atoms with Gasteiger partial charge in [0.15, 0.2) is 11.6 Å². The summed E-state index contributed by atoms with van der Waals surface area (Å²) < 4.78 is 81.4. The van der Waals surface area contributed by atoms with Gasteiger partial charge < -0.3 is 9.14 Å². The monoisotopic (exact) mass is 630 g/mol. The van der Waals surface area contributed by atoms with Gasteiger partial charge >= 0.3 is 0 Å². The number of anilines is 1. The fourth-order valence-corrected chi connectivity index (χ4v) is 6.29. The minimum Gasteiger partial charge on any atom is -0.361 e. The summed E-state index contributed by atoms with van der Waals surface area (Å²) in [5.74, 6) is -1.99. The molecule has 226 valence electrons. The number of benzene rings is 1. The maximum atomic E-state index is 15.6. The first-order chi connectivity index (χ1) is 20.2. The Morgan fingerprint density at radius 3 is 2.53 bits per heavy atom. The molecule has 4 aromatic heterocycles. The molecule has 11 nitrogen and oxygen atoms in total. The number of rotatable bonds is 10. The van der Waals surface area contributed by atoms with Crippen LogP contribution in [0.4, 0.5) is 18.9 Å². The van der Waals surface area contributed by atoms with E-state index in [0.717, 1.165) is 30.4 Å². The molecule has 0 bridgehead atoms. The van der Waals surface area contributed by atoms with Crippen LogP contribution in [-0.2, 0) is 21.5 Å². The number of ether oxygens (including phenoxy) is 1. The van der Waals surface area contributed by atoms with Gasteiger partial charge in [-0.15, -0.1) is 10.2 Å². The molecular weight excluding hydrogens is 601 g/mol. The normalized spacial score (nSPS) is 12.3. The van der Waals surface area contributed by atoms with Crippen LogP contribution >= 0.6 is 0 Å². The molecule has 5 aromatic rings. The average Bonchev–Trinajstić information content (AvgIpc) is 3.51. The fourth-order valence-electron chi connectivity index (χ4n) is 4.27. The summed E-state index contributed by atoms with van der Waals surface area (Å²) in [7, 11) is -5.72. The van der Waals surface area contributed by atoms with Crippen LogP contribution in [0, 0.1) is 31.3 Å².